The van der Waals surface area contributed by atoms with E-state index in [2.05, 4.69) is 16.7 Å². The van der Waals surface area contributed by atoms with E-state index in [4.69, 9.17) is 4.74 Å². The van der Waals surface area contributed by atoms with Gasteiger partial charge in [0.1, 0.15) is 0 Å². The third-order valence-corrected chi connectivity index (χ3v) is 2.21. The van der Waals surface area contributed by atoms with Gasteiger partial charge in [0.25, 0.3) is 0 Å². The molecule has 0 aromatic carbocycles. The molecule has 0 aliphatic heterocycles. The van der Waals surface area contributed by atoms with Gasteiger partial charge >= 0.3 is 0 Å². The summed E-state index contributed by atoms with van der Waals surface area (Å²) in [4.78, 5) is 11.5. The number of methoxy groups -OCH3 is 1. The second-order valence-electron chi connectivity index (χ2n) is 3.67. The molecule has 1 amide bonds. The topological polar surface area (TPSA) is 50.4 Å². The van der Waals surface area contributed by atoms with Crippen molar-refractivity contribution in [3.05, 3.63) is 12.2 Å². The zero-order valence-corrected chi connectivity index (χ0v) is 10.6. The monoisotopic (exact) mass is 228 g/mol. The predicted molar refractivity (Wildman–Crippen MR) is 66.4 cm³/mol. The molecule has 94 valence electrons. The number of hydrogen-bond acceptors (Lipinski definition) is 3. The summed E-state index contributed by atoms with van der Waals surface area (Å²) in [5.41, 5.74) is 0. The summed E-state index contributed by atoms with van der Waals surface area (Å²) >= 11 is 0. The van der Waals surface area contributed by atoms with Crippen LogP contribution in [0.4, 0.5) is 0 Å². The van der Waals surface area contributed by atoms with Crippen LogP contribution in [0.5, 0.6) is 0 Å². The Morgan fingerprint density at radius 3 is 2.81 bits per heavy atom. The molecule has 0 saturated heterocycles. The molecule has 0 heterocycles. The van der Waals surface area contributed by atoms with Gasteiger partial charge in [0.05, 0.1) is 6.04 Å². The van der Waals surface area contributed by atoms with Crippen LogP contribution in [0, 0.1) is 0 Å². The van der Waals surface area contributed by atoms with Crippen molar-refractivity contribution in [3.8, 4) is 0 Å². The van der Waals surface area contributed by atoms with E-state index < -0.39 is 0 Å². The molecule has 1 unspecified atom stereocenters. The van der Waals surface area contributed by atoms with Crippen molar-refractivity contribution in [1.82, 2.24) is 10.6 Å². The van der Waals surface area contributed by atoms with Crippen molar-refractivity contribution in [1.29, 1.82) is 0 Å². The van der Waals surface area contributed by atoms with Crippen LogP contribution in [0.2, 0.25) is 0 Å². The smallest absolute Gasteiger partial charge is 0.236 e. The summed E-state index contributed by atoms with van der Waals surface area (Å²) in [5.74, 6) is 0.0524. The molecule has 4 nitrogen and oxygen atoms in total. The Morgan fingerprint density at radius 1 is 1.44 bits per heavy atom. The minimum atomic E-state index is -0.132. The first-order chi connectivity index (χ1) is 7.72. The highest BCUT2D eigenvalue weighted by Crippen LogP contribution is 1.86. The molecule has 0 radical (unpaired) electrons. The first-order valence-corrected chi connectivity index (χ1v) is 5.83. The Hall–Kier alpha value is -0.870. The minimum Gasteiger partial charge on any atom is -0.385 e. The lowest BCUT2D eigenvalue weighted by molar-refractivity contribution is -0.122. The number of hydrogen-bond donors (Lipinski definition) is 2. The summed E-state index contributed by atoms with van der Waals surface area (Å²) in [6.07, 6.45) is 5.90. The molecule has 0 aromatic heterocycles. The Bertz CT molecular complexity index is 205. The normalized spacial score (nSPS) is 12.9. The van der Waals surface area contributed by atoms with E-state index in [-0.39, 0.29) is 11.9 Å². The molecule has 0 aliphatic rings. The largest absolute Gasteiger partial charge is 0.385 e. The highest BCUT2D eigenvalue weighted by Gasteiger charge is 2.09. The average Bonchev–Trinajstić information content (AvgIpc) is 2.29. The molecule has 0 spiro atoms. The summed E-state index contributed by atoms with van der Waals surface area (Å²) in [7, 11) is 1.66. The number of carbonyl (C=O) groups is 1. The summed E-state index contributed by atoms with van der Waals surface area (Å²) in [5, 5.41) is 6.02. The van der Waals surface area contributed by atoms with Crippen LogP contribution < -0.4 is 10.6 Å². The molecular formula is C12H24N2O2. The fourth-order valence-corrected chi connectivity index (χ4v) is 1.22. The van der Waals surface area contributed by atoms with Crippen LogP contribution in [0.25, 0.3) is 0 Å². The summed E-state index contributed by atoms with van der Waals surface area (Å²) in [6, 6.07) is -0.132. The number of carbonyl (C=O) groups excluding carboxylic acids is 1. The van der Waals surface area contributed by atoms with Gasteiger partial charge in [-0.2, -0.15) is 0 Å². The second-order valence-corrected chi connectivity index (χ2v) is 3.67. The summed E-state index contributed by atoms with van der Waals surface area (Å²) < 4.78 is 4.90. The van der Waals surface area contributed by atoms with E-state index in [1.165, 1.54) is 0 Å². The van der Waals surface area contributed by atoms with E-state index in [0.29, 0.717) is 13.2 Å². The first kappa shape index (κ1) is 15.1. The van der Waals surface area contributed by atoms with Gasteiger partial charge < -0.3 is 15.4 Å². The molecule has 1 atom stereocenters. The third kappa shape index (κ3) is 8.44. The predicted octanol–water partition coefficient (Wildman–Crippen LogP) is 1.08. The van der Waals surface area contributed by atoms with Crippen molar-refractivity contribution in [2.24, 2.45) is 0 Å². The van der Waals surface area contributed by atoms with Crippen LogP contribution in [0.15, 0.2) is 12.2 Å². The highest BCUT2D eigenvalue weighted by atomic mass is 16.5. The van der Waals surface area contributed by atoms with Gasteiger partial charge in [0, 0.05) is 20.3 Å². The highest BCUT2D eigenvalue weighted by molar-refractivity contribution is 5.81. The van der Waals surface area contributed by atoms with Crippen molar-refractivity contribution >= 4 is 5.91 Å². The van der Waals surface area contributed by atoms with Gasteiger partial charge in [-0.3, -0.25) is 4.79 Å². The van der Waals surface area contributed by atoms with E-state index in [1.54, 1.807) is 7.11 Å². The van der Waals surface area contributed by atoms with Crippen LogP contribution >= 0.6 is 0 Å². The molecule has 0 aromatic rings. The number of ether oxygens (including phenoxy) is 1. The molecular weight excluding hydrogens is 204 g/mol. The van der Waals surface area contributed by atoms with Crippen LogP contribution in [-0.4, -0.2) is 38.8 Å². The molecule has 0 rings (SSSR count). The second kappa shape index (κ2) is 10.6. The van der Waals surface area contributed by atoms with Crippen molar-refractivity contribution in [2.45, 2.75) is 32.7 Å². The Morgan fingerprint density at radius 2 is 2.19 bits per heavy atom. The Labute approximate surface area is 98.4 Å². The van der Waals surface area contributed by atoms with Crippen molar-refractivity contribution < 1.29 is 9.53 Å². The van der Waals surface area contributed by atoms with Gasteiger partial charge in [-0.1, -0.05) is 12.2 Å². The van der Waals surface area contributed by atoms with E-state index in [0.717, 1.165) is 19.4 Å². The quantitative estimate of drug-likeness (QED) is 0.459. The molecule has 0 fully saturated rings. The maximum atomic E-state index is 11.5. The van der Waals surface area contributed by atoms with Crippen LogP contribution in [-0.2, 0) is 9.53 Å². The lowest BCUT2D eigenvalue weighted by Gasteiger charge is -2.13. The molecule has 4 heteroatoms. The van der Waals surface area contributed by atoms with Crippen molar-refractivity contribution in [2.75, 3.05) is 26.8 Å². The van der Waals surface area contributed by atoms with Gasteiger partial charge in [-0.05, 0) is 33.2 Å². The maximum absolute atomic E-state index is 11.5. The zero-order valence-electron chi connectivity index (χ0n) is 10.6. The fourth-order valence-electron chi connectivity index (χ4n) is 1.22. The number of rotatable bonds is 9. The van der Waals surface area contributed by atoms with Crippen LogP contribution in [0.1, 0.15) is 26.7 Å². The van der Waals surface area contributed by atoms with Gasteiger partial charge in [-0.15, -0.1) is 0 Å². The zero-order chi connectivity index (χ0) is 12.2. The van der Waals surface area contributed by atoms with Gasteiger partial charge in [0.2, 0.25) is 5.91 Å². The summed E-state index contributed by atoms with van der Waals surface area (Å²) in [6.45, 7) is 6.06. The van der Waals surface area contributed by atoms with Gasteiger partial charge in [0.15, 0.2) is 0 Å². The minimum absolute atomic E-state index is 0.0524. The molecule has 0 aliphatic carbocycles. The number of nitrogens with one attached hydrogen (secondary N) is 2. The molecule has 0 saturated carbocycles. The Balaban J connectivity index is 3.49. The molecule has 16 heavy (non-hydrogen) atoms. The van der Waals surface area contributed by atoms with E-state index in [9.17, 15) is 4.79 Å². The van der Waals surface area contributed by atoms with Gasteiger partial charge in [-0.25, -0.2) is 0 Å². The Kier molecular flexibility index (Phi) is 10.1. The van der Waals surface area contributed by atoms with E-state index in [1.807, 2.05) is 19.9 Å². The molecule has 2 N–H and O–H groups in total. The lowest BCUT2D eigenvalue weighted by Crippen LogP contribution is -2.42. The third-order valence-electron chi connectivity index (χ3n) is 2.21. The van der Waals surface area contributed by atoms with Crippen LogP contribution in [0.3, 0.4) is 0 Å². The number of amides is 1. The van der Waals surface area contributed by atoms with E-state index >= 15 is 0 Å². The standard InChI is InChI=1S/C12H24N2O2/c1-4-5-6-8-13-11(2)12(15)14-9-7-10-16-3/h4-5,11,13H,6-10H2,1-3H3,(H,14,15)/b5-4+. The van der Waals surface area contributed by atoms with Crippen molar-refractivity contribution in [3.63, 3.8) is 0 Å². The first-order valence-electron chi connectivity index (χ1n) is 5.83. The fraction of sp³-hybridized carbons (Fsp3) is 0.750. The lowest BCUT2D eigenvalue weighted by atomic mass is 10.3. The maximum Gasteiger partial charge on any atom is 0.236 e. The number of allylic oxidation sites excluding steroid dienone is 1. The molecule has 0 bridgehead atoms. The average molecular weight is 228 g/mol. The SMILES string of the molecule is C/C=C/CCNC(C)C(=O)NCCCOC.